The Bertz CT molecular complexity index is 418. The summed E-state index contributed by atoms with van der Waals surface area (Å²) < 4.78 is 0. The van der Waals surface area contributed by atoms with Gasteiger partial charge in [0.25, 0.3) is 0 Å². The van der Waals surface area contributed by atoms with Crippen LogP contribution in [0.15, 0.2) is 30.3 Å². The fraction of sp³-hybridized carbons (Fsp3) is 0.769. The summed E-state index contributed by atoms with van der Waals surface area (Å²) >= 11 is 0. The first-order valence-corrected chi connectivity index (χ1v) is 12.1. The molecule has 0 aliphatic rings. The monoisotopic (exact) mass is 409 g/mol. The molecule has 0 fully saturated rings. The molecule has 0 radical (unpaired) electrons. The van der Waals surface area contributed by atoms with Gasteiger partial charge in [0.2, 0.25) is 0 Å². The molecule has 0 spiro atoms. The molecule has 0 amide bonds. The predicted octanol–water partition coefficient (Wildman–Crippen LogP) is 4.52. The van der Waals surface area contributed by atoms with Gasteiger partial charge in [-0.05, 0) is 36.7 Å². The molecular formula is C26H48ClN. The molecule has 1 nitrogen and oxygen atoms in total. The Morgan fingerprint density at radius 3 is 1.50 bits per heavy atom. The van der Waals surface area contributed by atoms with E-state index in [1.807, 2.05) is 0 Å². The second kappa shape index (κ2) is 19.8. The third-order valence-corrected chi connectivity index (χ3v) is 5.91. The van der Waals surface area contributed by atoms with Crippen LogP contribution < -0.4 is 18.1 Å². The number of hydrogen-bond acceptors (Lipinski definition) is 0. The Balaban J connectivity index is 0.00000729. The molecule has 0 aliphatic carbocycles. The number of benzene rings is 1. The molecule has 0 aliphatic heterocycles. The van der Waals surface area contributed by atoms with Crippen LogP contribution in [0.3, 0.4) is 0 Å². The maximum atomic E-state index is 4.02. The number of quaternary nitrogens is 1. The van der Waals surface area contributed by atoms with Crippen LogP contribution in [0.2, 0.25) is 0 Å². The molecule has 1 atom stereocenters. The highest BCUT2D eigenvalue weighted by atomic mass is 35.5. The van der Waals surface area contributed by atoms with Gasteiger partial charge in [-0.2, -0.15) is 0 Å². The minimum absolute atomic E-state index is 0. The lowest BCUT2D eigenvalue weighted by Gasteiger charge is -2.16. The third kappa shape index (κ3) is 15.4. The first kappa shape index (κ1) is 27.5. The van der Waals surface area contributed by atoms with Gasteiger partial charge in [0.05, 0.1) is 6.54 Å². The molecule has 1 rings (SSSR count). The van der Waals surface area contributed by atoms with E-state index in [2.05, 4.69) is 49.9 Å². The highest BCUT2D eigenvalue weighted by Gasteiger charge is 2.10. The molecule has 2 heteroatoms. The molecule has 0 heterocycles. The summed E-state index contributed by atoms with van der Waals surface area (Å²) in [5.74, 6) is 1.64. The van der Waals surface area contributed by atoms with Crippen molar-refractivity contribution in [3.05, 3.63) is 35.9 Å². The first-order chi connectivity index (χ1) is 13.2. The van der Waals surface area contributed by atoms with E-state index in [1.54, 1.807) is 5.56 Å². The zero-order valence-electron chi connectivity index (χ0n) is 18.9. The van der Waals surface area contributed by atoms with Crippen LogP contribution in [0, 0.1) is 5.92 Å². The van der Waals surface area contributed by atoms with Crippen molar-refractivity contribution in [2.45, 2.75) is 116 Å². The summed E-state index contributed by atoms with van der Waals surface area (Å²) in [5.41, 5.74) is 5.57. The van der Waals surface area contributed by atoms with Crippen LogP contribution in [-0.2, 0) is 0 Å². The third-order valence-electron chi connectivity index (χ3n) is 5.91. The van der Waals surface area contributed by atoms with Crippen molar-refractivity contribution >= 4 is 0 Å². The maximum Gasteiger partial charge on any atom is 0.0740 e. The zero-order valence-corrected chi connectivity index (χ0v) is 19.7. The van der Waals surface area contributed by atoms with Crippen molar-refractivity contribution in [3.63, 3.8) is 0 Å². The molecule has 0 saturated carbocycles. The first-order valence-electron chi connectivity index (χ1n) is 12.1. The van der Waals surface area contributed by atoms with E-state index in [0.717, 1.165) is 18.4 Å². The van der Waals surface area contributed by atoms with Crippen molar-refractivity contribution < 1.29 is 18.1 Å². The van der Waals surface area contributed by atoms with Crippen molar-refractivity contribution in [1.82, 2.24) is 0 Å². The van der Waals surface area contributed by atoms with Gasteiger partial charge in [0, 0.05) is 0 Å². The molecule has 0 aromatic heterocycles. The summed E-state index contributed by atoms with van der Waals surface area (Å²) in [7, 11) is 0. The topological polar surface area (TPSA) is 27.6 Å². The second-order valence-corrected chi connectivity index (χ2v) is 8.96. The van der Waals surface area contributed by atoms with Crippen molar-refractivity contribution in [3.8, 4) is 0 Å². The lowest BCUT2D eigenvalue weighted by atomic mass is 9.89. The van der Waals surface area contributed by atoms with E-state index in [4.69, 9.17) is 0 Å². The van der Waals surface area contributed by atoms with E-state index in [9.17, 15) is 0 Å². The molecule has 1 unspecified atom stereocenters. The molecule has 1 aromatic rings. The van der Waals surface area contributed by atoms with Crippen LogP contribution in [-0.4, -0.2) is 6.54 Å². The van der Waals surface area contributed by atoms with Gasteiger partial charge in [0.15, 0.2) is 0 Å². The van der Waals surface area contributed by atoms with E-state index in [0.29, 0.717) is 0 Å². The van der Waals surface area contributed by atoms with Crippen LogP contribution in [0.4, 0.5) is 0 Å². The normalized spacial score (nSPS) is 12.1. The van der Waals surface area contributed by atoms with Crippen molar-refractivity contribution in [1.29, 1.82) is 0 Å². The Hall–Kier alpha value is -0.530. The Labute approximate surface area is 182 Å². The summed E-state index contributed by atoms with van der Waals surface area (Å²) in [6, 6.07) is 11.1. The minimum atomic E-state index is 0. The highest BCUT2D eigenvalue weighted by molar-refractivity contribution is 5.19. The average Bonchev–Trinajstić information content (AvgIpc) is 2.68. The summed E-state index contributed by atoms with van der Waals surface area (Å²) in [6.07, 6.45) is 21.2. The molecule has 28 heavy (non-hydrogen) atoms. The fourth-order valence-electron chi connectivity index (χ4n) is 4.13. The van der Waals surface area contributed by atoms with E-state index in [1.165, 1.54) is 96.3 Å². The largest absolute Gasteiger partial charge is 1.00 e. The van der Waals surface area contributed by atoms with Crippen molar-refractivity contribution in [2.24, 2.45) is 5.92 Å². The van der Waals surface area contributed by atoms with Crippen molar-refractivity contribution in [2.75, 3.05) is 6.54 Å². The van der Waals surface area contributed by atoms with Crippen LogP contribution in [0.25, 0.3) is 0 Å². The summed E-state index contributed by atoms with van der Waals surface area (Å²) in [6.45, 7) is 5.75. The Morgan fingerprint density at radius 2 is 1.04 bits per heavy atom. The minimum Gasteiger partial charge on any atom is -1.00 e. The van der Waals surface area contributed by atoms with E-state index >= 15 is 0 Å². The van der Waals surface area contributed by atoms with Gasteiger partial charge in [-0.1, -0.05) is 121 Å². The Kier molecular flexibility index (Phi) is 19.4. The van der Waals surface area contributed by atoms with Gasteiger partial charge >= 0.3 is 0 Å². The molecule has 0 saturated heterocycles. The quantitative estimate of drug-likeness (QED) is 0.345. The van der Waals surface area contributed by atoms with Gasteiger partial charge in [-0.25, -0.2) is 0 Å². The number of unbranched alkanes of at least 4 members (excludes halogenated alkanes) is 10. The SMILES string of the molecule is CC(C)CCCCCCCCCCCCCC(CCC[NH3+])c1ccccc1.[Cl-]. The number of hydrogen-bond donors (Lipinski definition) is 1. The molecule has 1 aromatic carbocycles. The fourth-order valence-corrected chi connectivity index (χ4v) is 4.13. The number of rotatable bonds is 18. The standard InChI is InChI=1S/C26H47N.ClH/c1-24(2)18-13-10-8-6-4-3-5-7-9-11-14-19-26(22-17-23-27)25-20-15-12-16-21-25;/h12,15-16,20-21,24,26H,3-11,13-14,17-19,22-23,27H2,1-2H3;1H. The summed E-state index contributed by atoms with van der Waals surface area (Å²) in [4.78, 5) is 0. The average molecular weight is 410 g/mol. The molecule has 164 valence electrons. The van der Waals surface area contributed by atoms with Crippen LogP contribution in [0.1, 0.15) is 122 Å². The molecule has 3 N–H and O–H groups in total. The Morgan fingerprint density at radius 1 is 0.607 bits per heavy atom. The summed E-state index contributed by atoms with van der Waals surface area (Å²) in [5, 5.41) is 0. The van der Waals surface area contributed by atoms with Crippen LogP contribution >= 0.6 is 0 Å². The van der Waals surface area contributed by atoms with E-state index in [-0.39, 0.29) is 12.4 Å². The van der Waals surface area contributed by atoms with Gasteiger partial charge in [-0.3, -0.25) is 0 Å². The number of halogens is 1. The molecule has 0 bridgehead atoms. The second-order valence-electron chi connectivity index (χ2n) is 8.96. The smallest absolute Gasteiger partial charge is 0.0740 e. The van der Waals surface area contributed by atoms with Gasteiger partial charge in [0.1, 0.15) is 0 Å². The maximum absolute atomic E-state index is 4.02. The zero-order chi connectivity index (χ0) is 19.6. The lowest BCUT2D eigenvalue weighted by molar-refractivity contribution is -0.368. The highest BCUT2D eigenvalue weighted by Crippen LogP contribution is 2.27. The van der Waals surface area contributed by atoms with Gasteiger partial charge < -0.3 is 18.1 Å². The van der Waals surface area contributed by atoms with Gasteiger partial charge in [-0.15, -0.1) is 0 Å². The lowest BCUT2D eigenvalue weighted by Crippen LogP contribution is -3.00. The molecular weight excluding hydrogens is 362 g/mol. The van der Waals surface area contributed by atoms with Crippen LogP contribution in [0.5, 0.6) is 0 Å². The van der Waals surface area contributed by atoms with E-state index < -0.39 is 0 Å². The predicted molar refractivity (Wildman–Crippen MR) is 121 cm³/mol.